The van der Waals surface area contributed by atoms with Gasteiger partial charge in [-0.3, -0.25) is 4.79 Å². The van der Waals surface area contributed by atoms with Gasteiger partial charge in [0.15, 0.2) is 0 Å². The van der Waals surface area contributed by atoms with Gasteiger partial charge in [-0.05, 0) is 25.0 Å². The van der Waals surface area contributed by atoms with Crippen LogP contribution in [0.2, 0.25) is 0 Å². The van der Waals surface area contributed by atoms with E-state index in [1.807, 2.05) is 0 Å². The average Bonchev–Trinajstić information content (AvgIpc) is 2.76. The third kappa shape index (κ3) is 3.80. The van der Waals surface area contributed by atoms with E-state index in [1.165, 1.54) is 6.07 Å². The molecule has 1 amide bonds. The summed E-state index contributed by atoms with van der Waals surface area (Å²) < 4.78 is 41.0. The summed E-state index contributed by atoms with van der Waals surface area (Å²) in [4.78, 5) is 18.0. The van der Waals surface area contributed by atoms with Crippen molar-refractivity contribution in [2.24, 2.45) is 0 Å². The monoisotopic (exact) mass is 353 g/mol. The predicted molar refractivity (Wildman–Crippen MR) is 89.0 cm³/mol. The van der Waals surface area contributed by atoms with Crippen LogP contribution >= 0.6 is 0 Å². The number of para-hydroxylation sites is 2. The number of alkyl halides is 3. The van der Waals surface area contributed by atoms with Gasteiger partial charge in [0.05, 0.1) is 11.0 Å². The molecular weight excluding hydrogens is 331 g/mol. The summed E-state index contributed by atoms with van der Waals surface area (Å²) in [7, 11) is 1.70. The van der Waals surface area contributed by atoms with Crippen LogP contribution in [0.25, 0.3) is 11.0 Å². The number of fused-ring (bicyclic) bond motifs is 1. The van der Waals surface area contributed by atoms with Crippen molar-refractivity contribution in [2.45, 2.75) is 57.3 Å². The quantitative estimate of drug-likeness (QED) is 0.774. The molecule has 7 heteroatoms. The zero-order valence-corrected chi connectivity index (χ0v) is 14.2. The molecule has 1 heterocycles. The molecule has 1 aliphatic carbocycles. The van der Waals surface area contributed by atoms with E-state index in [-0.39, 0.29) is 24.0 Å². The van der Waals surface area contributed by atoms with Crippen molar-refractivity contribution in [3.63, 3.8) is 0 Å². The van der Waals surface area contributed by atoms with Crippen molar-refractivity contribution >= 4 is 16.9 Å². The van der Waals surface area contributed by atoms with Crippen molar-refractivity contribution in [3.8, 4) is 0 Å². The van der Waals surface area contributed by atoms with Crippen LogP contribution in [0.3, 0.4) is 0 Å². The van der Waals surface area contributed by atoms with Crippen LogP contribution in [0.4, 0.5) is 13.2 Å². The Kier molecular flexibility index (Phi) is 5.01. The molecule has 1 fully saturated rings. The SMILES string of the molecule is CN(C(=O)Cn1c(C(F)(F)F)nc2ccccc21)C1CCCCCC1. The molecule has 3 rings (SSSR count). The lowest BCUT2D eigenvalue weighted by Crippen LogP contribution is -2.39. The minimum Gasteiger partial charge on any atom is -0.341 e. The number of carbonyl (C=O) groups is 1. The maximum Gasteiger partial charge on any atom is 0.449 e. The van der Waals surface area contributed by atoms with E-state index in [2.05, 4.69) is 4.98 Å². The summed E-state index contributed by atoms with van der Waals surface area (Å²) in [6.07, 6.45) is 1.66. The fourth-order valence-corrected chi connectivity index (χ4v) is 3.55. The number of likely N-dealkylation sites (N-methyl/N-ethyl adjacent to an activating group) is 1. The van der Waals surface area contributed by atoms with Gasteiger partial charge in [0.2, 0.25) is 11.7 Å². The zero-order chi connectivity index (χ0) is 18.0. The van der Waals surface area contributed by atoms with Crippen LogP contribution in [-0.4, -0.2) is 33.4 Å². The Morgan fingerprint density at radius 3 is 2.48 bits per heavy atom. The Morgan fingerprint density at radius 2 is 1.84 bits per heavy atom. The second kappa shape index (κ2) is 7.06. The third-order valence-electron chi connectivity index (χ3n) is 4.97. The average molecular weight is 353 g/mol. The highest BCUT2D eigenvalue weighted by atomic mass is 19.4. The molecule has 2 aromatic rings. The van der Waals surface area contributed by atoms with Crippen LogP contribution in [-0.2, 0) is 17.5 Å². The summed E-state index contributed by atoms with van der Waals surface area (Å²) >= 11 is 0. The summed E-state index contributed by atoms with van der Waals surface area (Å²) in [6, 6.07) is 6.50. The highest BCUT2D eigenvalue weighted by Gasteiger charge is 2.38. The standard InChI is InChI=1S/C18H22F3N3O/c1-23(13-8-4-2-3-5-9-13)16(25)12-24-15-11-7-6-10-14(15)22-17(24)18(19,20)21/h6-7,10-11,13H,2-5,8-9,12H2,1H3. The number of hydrogen-bond donors (Lipinski definition) is 0. The van der Waals surface area contributed by atoms with Gasteiger partial charge in [-0.2, -0.15) is 13.2 Å². The first-order valence-corrected chi connectivity index (χ1v) is 8.66. The molecule has 1 saturated carbocycles. The van der Waals surface area contributed by atoms with E-state index < -0.39 is 12.0 Å². The van der Waals surface area contributed by atoms with Gasteiger partial charge in [0, 0.05) is 13.1 Å². The van der Waals surface area contributed by atoms with Gasteiger partial charge in [-0.25, -0.2) is 4.98 Å². The van der Waals surface area contributed by atoms with Crippen molar-refractivity contribution < 1.29 is 18.0 Å². The summed E-state index contributed by atoms with van der Waals surface area (Å²) in [5, 5.41) is 0. The second-order valence-corrected chi connectivity index (χ2v) is 6.66. The van der Waals surface area contributed by atoms with Crippen molar-refractivity contribution in [2.75, 3.05) is 7.05 Å². The maximum atomic E-state index is 13.3. The Bertz CT molecular complexity index is 746. The molecule has 136 valence electrons. The summed E-state index contributed by atoms with van der Waals surface area (Å²) in [5.74, 6) is -1.32. The van der Waals surface area contributed by atoms with Gasteiger partial charge in [0.1, 0.15) is 6.54 Å². The molecule has 0 spiro atoms. The van der Waals surface area contributed by atoms with Crippen LogP contribution in [0.1, 0.15) is 44.3 Å². The summed E-state index contributed by atoms with van der Waals surface area (Å²) in [6.45, 7) is -0.345. The van der Waals surface area contributed by atoms with Crippen molar-refractivity contribution in [1.29, 1.82) is 0 Å². The van der Waals surface area contributed by atoms with Crippen molar-refractivity contribution in [3.05, 3.63) is 30.1 Å². The first-order chi connectivity index (χ1) is 11.9. The Hall–Kier alpha value is -2.05. The maximum absolute atomic E-state index is 13.3. The first-order valence-electron chi connectivity index (χ1n) is 8.66. The molecule has 0 aliphatic heterocycles. The normalized spacial score (nSPS) is 16.8. The smallest absolute Gasteiger partial charge is 0.341 e. The van der Waals surface area contributed by atoms with Crippen LogP contribution in [0, 0.1) is 0 Å². The number of imidazole rings is 1. The number of carbonyl (C=O) groups excluding carboxylic acids is 1. The highest BCUT2D eigenvalue weighted by molar-refractivity contribution is 5.81. The van der Waals surface area contributed by atoms with E-state index in [4.69, 9.17) is 0 Å². The third-order valence-corrected chi connectivity index (χ3v) is 4.97. The highest BCUT2D eigenvalue weighted by Crippen LogP contribution is 2.31. The van der Waals surface area contributed by atoms with Crippen molar-refractivity contribution in [1.82, 2.24) is 14.5 Å². The number of benzene rings is 1. The van der Waals surface area contributed by atoms with Gasteiger partial charge >= 0.3 is 6.18 Å². The van der Waals surface area contributed by atoms with Crippen LogP contribution in [0.15, 0.2) is 24.3 Å². The fraction of sp³-hybridized carbons (Fsp3) is 0.556. The second-order valence-electron chi connectivity index (χ2n) is 6.66. The number of nitrogens with zero attached hydrogens (tertiary/aromatic N) is 3. The number of amides is 1. The topological polar surface area (TPSA) is 38.1 Å². The lowest BCUT2D eigenvalue weighted by Gasteiger charge is -2.27. The number of rotatable bonds is 3. The molecule has 0 bridgehead atoms. The van der Waals surface area contributed by atoms with Gasteiger partial charge in [-0.15, -0.1) is 0 Å². The van der Waals surface area contributed by atoms with Crippen LogP contribution in [0.5, 0.6) is 0 Å². The molecule has 4 nitrogen and oxygen atoms in total. The Balaban J connectivity index is 1.87. The first kappa shape index (κ1) is 17.8. The molecule has 0 N–H and O–H groups in total. The van der Waals surface area contributed by atoms with Gasteiger partial charge in [-0.1, -0.05) is 37.8 Å². The van der Waals surface area contributed by atoms with E-state index in [0.29, 0.717) is 5.52 Å². The minimum atomic E-state index is -4.60. The van der Waals surface area contributed by atoms with E-state index >= 15 is 0 Å². The van der Waals surface area contributed by atoms with Crippen LogP contribution < -0.4 is 0 Å². The minimum absolute atomic E-state index is 0.110. The van der Waals surface area contributed by atoms with E-state index in [1.54, 1.807) is 30.1 Å². The lowest BCUT2D eigenvalue weighted by molar-refractivity contribution is -0.148. The molecule has 1 aromatic heterocycles. The predicted octanol–water partition coefficient (Wildman–Crippen LogP) is 4.24. The largest absolute Gasteiger partial charge is 0.449 e. The number of hydrogen-bond acceptors (Lipinski definition) is 2. The lowest BCUT2D eigenvalue weighted by atomic mass is 10.1. The molecule has 0 atom stereocenters. The number of halogens is 3. The molecule has 0 radical (unpaired) electrons. The number of aromatic nitrogens is 2. The van der Waals surface area contributed by atoms with E-state index in [0.717, 1.165) is 43.1 Å². The van der Waals surface area contributed by atoms with Gasteiger partial charge in [0.25, 0.3) is 0 Å². The van der Waals surface area contributed by atoms with E-state index in [9.17, 15) is 18.0 Å². The zero-order valence-electron chi connectivity index (χ0n) is 14.2. The Morgan fingerprint density at radius 1 is 1.20 bits per heavy atom. The molecule has 0 unspecified atom stereocenters. The molecule has 0 saturated heterocycles. The summed E-state index contributed by atoms with van der Waals surface area (Å²) in [5.41, 5.74) is 0.581. The molecule has 25 heavy (non-hydrogen) atoms. The fourth-order valence-electron chi connectivity index (χ4n) is 3.55. The van der Waals surface area contributed by atoms with Gasteiger partial charge < -0.3 is 9.47 Å². The molecular formula is C18H22F3N3O. The Labute approximate surface area is 144 Å². The molecule has 1 aromatic carbocycles. The molecule has 1 aliphatic rings.